The molecule has 2 aliphatic heterocycles. The van der Waals surface area contributed by atoms with Crippen molar-refractivity contribution in [2.24, 2.45) is 0 Å². The number of amides is 3. The summed E-state index contributed by atoms with van der Waals surface area (Å²) < 4.78 is 19.9. The molecule has 3 aromatic rings. The van der Waals surface area contributed by atoms with Crippen LogP contribution < -0.4 is 5.32 Å². The predicted molar refractivity (Wildman–Crippen MR) is 144 cm³/mol. The monoisotopic (exact) mass is 529 g/mol. The number of piperidine rings is 1. The molecule has 39 heavy (non-hydrogen) atoms. The first-order chi connectivity index (χ1) is 18.9. The summed E-state index contributed by atoms with van der Waals surface area (Å²) >= 11 is 0. The number of carbonyl (C=O) groups excluding carboxylic acids is 3. The van der Waals surface area contributed by atoms with E-state index in [2.05, 4.69) is 5.32 Å². The summed E-state index contributed by atoms with van der Waals surface area (Å²) in [6, 6.07) is 23.3. The second-order valence-corrected chi connectivity index (χ2v) is 10.1. The highest BCUT2D eigenvalue weighted by Crippen LogP contribution is 2.39. The van der Waals surface area contributed by atoms with E-state index in [1.807, 2.05) is 67.6 Å². The van der Waals surface area contributed by atoms with Gasteiger partial charge in [-0.2, -0.15) is 0 Å². The van der Waals surface area contributed by atoms with Crippen LogP contribution in [0.4, 0.5) is 4.39 Å². The van der Waals surface area contributed by atoms with E-state index in [1.165, 1.54) is 29.2 Å². The first-order valence-electron chi connectivity index (χ1n) is 13.3. The van der Waals surface area contributed by atoms with Gasteiger partial charge in [0.25, 0.3) is 5.91 Å². The van der Waals surface area contributed by atoms with E-state index in [4.69, 9.17) is 4.74 Å². The summed E-state index contributed by atoms with van der Waals surface area (Å²) in [5.41, 5.74) is 1.13. The molecular formula is C31H32FN3O4. The lowest BCUT2D eigenvalue weighted by Gasteiger charge is -2.44. The molecule has 1 spiro atoms. The van der Waals surface area contributed by atoms with Gasteiger partial charge in [-0.15, -0.1) is 0 Å². The van der Waals surface area contributed by atoms with Crippen molar-refractivity contribution in [2.45, 2.75) is 44.0 Å². The first kappa shape index (κ1) is 26.6. The van der Waals surface area contributed by atoms with Gasteiger partial charge in [-0.25, -0.2) is 4.39 Å². The zero-order chi connectivity index (χ0) is 27.4. The molecule has 0 saturated carbocycles. The van der Waals surface area contributed by atoms with E-state index in [-0.39, 0.29) is 30.0 Å². The molecule has 3 aromatic carbocycles. The highest BCUT2D eigenvalue weighted by atomic mass is 19.1. The lowest BCUT2D eigenvalue weighted by Crippen LogP contribution is -2.60. The Bertz CT molecular complexity index is 1310. The molecule has 0 aliphatic carbocycles. The number of carbonyl (C=O) groups is 3. The van der Waals surface area contributed by atoms with E-state index in [0.717, 1.165) is 11.1 Å². The maximum Gasteiger partial charge on any atom is 0.256 e. The van der Waals surface area contributed by atoms with E-state index >= 15 is 0 Å². The topological polar surface area (TPSA) is 79.0 Å². The molecule has 2 heterocycles. The normalized spacial score (nSPS) is 19.1. The van der Waals surface area contributed by atoms with Crippen LogP contribution in [-0.4, -0.2) is 59.0 Å². The van der Waals surface area contributed by atoms with Crippen LogP contribution in [0.25, 0.3) is 0 Å². The minimum absolute atomic E-state index is 0.0106. The Kier molecular flexibility index (Phi) is 7.74. The van der Waals surface area contributed by atoms with Crippen molar-refractivity contribution in [1.82, 2.24) is 15.1 Å². The molecule has 202 valence electrons. The molecule has 1 N–H and O–H groups in total. The minimum atomic E-state index is -1.03. The zero-order valence-corrected chi connectivity index (χ0v) is 21.9. The van der Waals surface area contributed by atoms with E-state index in [9.17, 15) is 18.8 Å². The van der Waals surface area contributed by atoms with Crippen LogP contribution in [0.2, 0.25) is 0 Å². The highest BCUT2D eigenvalue weighted by Gasteiger charge is 2.54. The molecule has 0 bridgehead atoms. The SMILES string of the molecule is CC(NC(=O)C1COC2(CCN(C(=O)Cc3ccccc3)CC2)N1C(=O)c1ccc(F)cc1)c1ccccc1. The standard InChI is InChI=1S/C31H32FN3O4/c1-22(24-10-6-3-7-11-24)33-29(37)27-21-39-31(35(27)30(38)25-12-14-26(32)15-13-25)16-18-34(19-17-31)28(36)20-23-8-4-2-5-9-23/h2-15,22,27H,16-21H2,1H3,(H,33,37). The minimum Gasteiger partial charge on any atom is -0.353 e. The van der Waals surface area contributed by atoms with Gasteiger partial charge < -0.3 is 15.0 Å². The zero-order valence-electron chi connectivity index (χ0n) is 21.9. The van der Waals surface area contributed by atoms with Gasteiger partial charge in [0, 0.05) is 31.5 Å². The van der Waals surface area contributed by atoms with Gasteiger partial charge in [-0.3, -0.25) is 19.3 Å². The van der Waals surface area contributed by atoms with E-state index in [0.29, 0.717) is 32.4 Å². The molecule has 8 heteroatoms. The van der Waals surface area contributed by atoms with Crippen LogP contribution >= 0.6 is 0 Å². The van der Waals surface area contributed by atoms with Crippen LogP contribution in [0.1, 0.15) is 47.3 Å². The number of hydrogen-bond donors (Lipinski definition) is 1. The van der Waals surface area contributed by atoms with Gasteiger partial charge in [0.2, 0.25) is 11.8 Å². The third-order valence-electron chi connectivity index (χ3n) is 7.63. The number of nitrogens with zero attached hydrogens (tertiary/aromatic N) is 2. The van der Waals surface area contributed by atoms with Crippen LogP contribution in [0.3, 0.4) is 0 Å². The van der Waals surface area contributed by atoms with Gasteiger partial charge in [-0.1, -0.05) is 60.7 Å². The van der Waals surface area contributed by atoms with Gasteiger partial charge in [0.1, 0.15) is 17.6 Å². The van der Waals surface area contributed by atoms with Crippen molar-refractivity contribution >= 4 is 17.7 Å². The molecule has 2 fully saturated rings. The van der Waals surface area contributed by atoms with Crippen molar-refractivity contribution < 1.29 is 23.5 Å². The Morgan fingerprint density at radius 1 is 0.949 bits per heavy atom. The third-order valence-corrected chi connectivity index (χ3v) is 7.63. The quantitative estimate of drug-likeness (QED) is 0.522. The Morgan fingerprint density at radius 3 is 2.21 bits per heavy atom. The summed E-state index contributed by atoms with van der Waals surface area (Å²) in [5.74, 6) is -1.16. The number of rotatable bonds is 6. The van der Waals surface area contributed by atoms with Crippen LogP contribution in [0.5, 0.6) is 0 Å². The fourth-order valence-electron chi connectivity index (χ4n) is 5.42. The molecular weight excluding hydrogens is 497 g/mol. The summed E-state index contributed by atoms with van der Waals surface area (Å²) in [5, 5.41) is 3.02. The van der Waals surface area contributed by atoms with Gasteiger partial charge in [0.05, 0.1) is 19.1 Å². The van der Waals surface area contributed by atoms with Crippen molar-refractivity contribution in [2.75, 3.05) is 19.7 Å². The largest absolute Gasteiger partial charge is 0.353 e. The fourth-order valence-corrected chi connectivity index (χ4v) is 5.42. The van der Waals surface area contributed by atoms with Crippen LogP contribution in [-0.2, 0) is 20.7 Å². The summed E-state index contributed by atoms with van der Waals surface area (Å²) in [6.45, 7) is 2.72. The Labute approximate surface area is 227 Å². The molecule has 7 nitrogen and oxygen atoms in total. The molecule has 2 atom stereocenters. The van der Waals surface area contributed by atoms with Crippen molar-refractivity contribution in [1.29, 1.82) is 0 Å². The highest BCUT2D eigenvalue weighted by molar-refractivity contribution is 5.98. The van der Waals surface area contributed by atoms with Crippen LogP contribution in [0, 0.1) is 5.82 Å². The second-order valence-electron chi connectivity index (χ2n) is 10.1. The summed E-state index contributed by atoms with van der Waals surface area (Å²) in [4.78, 5) is 43.6. The first-order valence-corrected chi connectivity index (χ1v) is 13.3. The maximum atomic E-state index is 13.8. The lowest BCUT2D eigenvalue weighted by atomic mass is 9.96. The summed E-state index contributed by atoms with van der Waals surface area (Å²) in [7, 11) is 0. The van der Waals surface area contributed by atoms with Gasteiger partial charge in [-0.05, 0) is 42.3 Å². The number of likely N-dealkylation sites (tertiary alicyclic amines) is 1. The number of benzene rings is 3. The Hall–Kier alpha value is -4.04. The predicted octanol–water partition coefficient (Wildman–Crippen LogP) is 4.11. The Balaban J connectivity index is 1.35. The van der Waals surface area contributed by atoms with E-state index in [1.54, 1.807) is 4.90 Å². The summed E-state index contributed by atoms with van der Waals surface area (Å²) in [6.07, 6.45) is 1.05. The fraction of sp³-hybridized carbons (Fsp3) is 0.323. The molecule has 0 aromatic heterocycles. The Morgan fingerprint density at radius 2 is 1.56 bits per heavy atom. The second kappa shape index (κ2) is 11.4. The van der Waals surface area contributed by atoms with Crippen LogP contribution in [0.15, 0.2) is 84.9 Å². The third kappa shape index (κ3) is 5.71. The number of halogens is 1. The molecule has 0 radical (unpaired) electrons. The van der Waals surface area contributed by atoms with Gasteiger partial charge >= 0.3 is 0 Å². The van der Waals surface area contributed by atoms with E-state index < -0.39 is 23.5 Å². The number of nitrogens with one attached hydrogen (secondary N) is 1. The molecule has 2 unspecified atom stereocenters. The maximum absolute atomic E-state index is 13.8. The molecule has 2 saturated heterocycles. The lowest BCUT2D eigenvalue weighted by molar-refractivity contribution is -0.143. The van der Waals surface area contributed by atoms with Crippen molar-refractivity contribution in [3.63, 3.8) is 0 Å². The molecule has 3 amide bonds. The van der Waals surface area contributed by atoms with Gasteiger partial charge in [0.15, 0.2) is 0 Å². The smallest absolute Gasteiger partial charge is 0.256 e. The van der Waals surface area contributed by atoms with Crippen molar-refractivity contribution in [3.8, 4) is 0 Å². The number of hydrogen-bond acceptors (Lipinski definition) is 4. The van der Waals surface area contributed by atoms with Crippen molar-refractivity contribution in [3.05, 3.63) is 107 Å². The average molecular weight is 530 g/mol. The molecule has 5 rings (SSSR count). The number of ether oxygens (including phenoxy) is 1. The molecule has 2 aliphatic rings. The average Bonchev–Trinajstić information content (AvgIpc) is 3.32.